The Kier molecular flexibility index (Phi) is 4.06. The van der Waals surface area contributed by atoms with Crippen molar-refractivity contribution in [2.45, 2.75) is 57.0 Å². The van der Waals surface area contributed by atoms with Crippen LogP contribution in [-0.2, 0) is 0 Å². The molecule has 0 aromatic carbocycles. The SMILES string of the molecule is CNC(C)(C#N)CCCCN1CC2CCC1C2. The summed E-state index contributed by atoms with van der Waals surface area (Å²) < 4.78 is 0. The van der Waals surface area contributed by atoms with Crippen molar-refractivity contribution in [2.24, 2.45) is 5.92 Å². The fourth-order valence-electron chi connectivity index (χ4n) is 3.33. The van der Waals surface area contributed by atoms with Crippen molar-refractivity contribution in [1.82, 2.24) is 10.2 Å². The molecule has 0 radical (unpaired) electrons. The summed E-state index contributed by atoms with van der Waals surface area (Å²) in [7, 11) is 1.88. The maximum atomic E-state index is 9.06. The van der Waals surface area contributed by atoms with E-state index < -0.39 is 0 Å². The molecule has 0 aromatic heterocycles. The fourth-order valence-corrected chi connectivity index (χ4v) is 3.33. The highest BCUT2D eigenvalue weighted by Crippen LogP contribution is 2.37. The quantitative estimate of drug-likeness (QED) is 0.717. The van der Waals surface area contributed by atoms with Crippen molar-refractivity contribution in [1.29, 1.82) is 5.26 Å². The van der Waals surface area contributed by atoms with Crippen molar-refractivity contribution in [3.63, 3.8) is 0 Å². The van der Waals surface area contributed by atoms with Crippen LogP contribution in [0.5, 0.6) is 0 Å². The smallest absolute Gasteiger partial charge is 0.103 e. The summed E-state index contributed by atoms with van der Waals surface area (Å²) in [5.41, 5.74) is -0.329. The summed E-state index contributed by atoms with van der Waals surface area (Å²) in [6.07, 6.45) is 7.69. The minimum absolute atomic E-state index is 0.329. The Morgan fingerprint density at radius 1 is 1.41 bits per heavy atom. The number of nitrogens with zero attached hydrogens (tertiary/aromatic N) is 2. The molecular formula is C14H25N3. The molecule has 3 nitrogen and oxygen atoms in total. The van der Waals surface area contributed by atoms with E-state index in [1.54, 1.807) is 0 Å². The third kappa shape index (κ3) is 3.00. The molecule has 3 heteroatoms. The van der Waals surface area contributed by atoms with Crippen LogP contribution in [0, 0.1) is 17.2 Å². The summed E-state index contributed by atoms with van der Waals surface area (Å²) in [6, 6.07) is 3.25. The highest BCUT2D eigenvalue weighted by Gasteiger charge is 2.37. The Bertz CT molecular complexity index is 296. The highest BCUT2D eigenvalue weighted by molar-refractivity contribution is 5.02. The normalized spacial score (nSPS) is 31.4. The Labute approximate surface area is 105 Å². The average molecular weight is 235 g/mol. The van der Waals surface area contributed by atoms with Crippen LogP contribution in [0.2, 0.25) is 0 Å². The van der Waals surface area contributed by atoms with E-state index in [1.165, 1.54) is 38.8 Å². The average Bonchev–Trinajstić information content (AvgIpc) is 2.96. The molecule has 1 aliphatic heterocycles. The van der Waals surface area contributed by atoms with Crippen LogP contribution in [-0.4, -0.2) is 36.6 Å². The molecule has 2 fully saturated rings. The monoisotopic (exact) mass is 235 g/mol. The first-order valence-electron chi connectivity index (χ1n) is 7.01. The molecule has 1 N–H and O–H groups in total. The van der Waals surface area contributed by atoms with E-state index in [1.807, 2.05) is 14.0 Å². The lowest BCUT2D eigenvalue weighted by atomic mass is 9.97. The minimum atomic E-state index is -0.329. The van der Waals surface area contributed by atoms with Gasteiger partial charge in [-0.3, -0.25) is 0 Å². The predicted molar refractivity (Wildman–Crippen MR) is 69.6 cm³/mol. The van der Waals surface area contributed by atoms with E-state index >= 15 is 0 Å². The van der Waals surface area contributed by atoms with Gasteiger partial charge in [-0.2, -0.15) is 5.26 Å². The highest BCUT2D eigenvalue weighted by atomic mass is 15.2. The third-order valence-corrected chi connectivity index (χ3v) is 4.69. The molecular weight excluding hydrogens is 210 g/mol. The number of likely N-dealkylation sites (tertiary alicyclic amines) is 1. The summed E-state index contributed by atoms with van der Waals surface area (Å²) in [6.45, 7) is 4.57. The summed E-state index contributed by atoms with van der Waals surface area (Å²) >= 11 is 0. The minimum Gasteiger partial charge on any atom is -0.303 e. The largest absolute Gasteiger partial charge is 0.303 e. The maximum Gasteiger partial charge on any atom is 0.103 e. The lowest BCUT2D eigenvalue weighted by Gasteiger charge is -2.27. The number of unbranched alkanes of at least 4 members (excludes halogenated alkanes) is 1. The van der Waals surface area contributed by atoms with Gasteiger partial charge in [-0.25, -0.2) is 0 Å². The van der Waals surface area contributed by atoms with Gasteiger partial charge in [0.1, 0.15) is 5.54 Å². The van der Waals surface area contributed by atoms with Gasteiger partial charge in [-0.1, -0.05) is 0 Å². The number of nitriles is 1. The molecule has 3 unspecified atom stereocenters. The second-order valence-electron chi connectivity index (χ2n) is 5.98. The number of piperidine rings is 1. The molecule has 0 spiro atoms. The van der Waals surface area contributed by atoms with Crippen LogP contribution >= 0.6 is 0 Å². The van der Waals surface area contributed by atoms with Crippen molar-refractivity contribution >= 4 is 0 Å². The van der Waals surface area contributed by atoms with Crippen LogP contribution in [0.15, 0.2) is 0 Å². The summed E-state index contributed by atoms with van der Waals surface area (Å²) in [5.74, 6) is 1.00. The van der Waals surface area contributed by atoms with Crippen molar-refractivity contribution < 1.29 is 0 Å². The molecule has 1 saturated carbocycles. The molecule has 1 heterocycles. The first kappa shape index (κ1) is 12.9. The lowest BCUT2D eigenvalue weighted by Crippen LogP contribution is -2.38. The van der Waals surface area contributed by atoms with Gasteiger partial charge in [-0.05, 0) is 65.0 Å². The molecule has 3 atom stereocenters. The number of nitrogens with one attached hydrogen (secondary N) is 1. The van der Waals surface area contributed by atoms with Crippen LogP contribution in [0.1, 0.15) is 45.4 Å². The first-order valence-corrected chi connectivity index (χ1v) is 7.01. The molecule has 1 saturated heterocycles. The van der Waals surface area contributed by atoms with E-state index in [0.29, 0.717) is 0 Å². The van der Waals surface area contributed by atoms with E-state index in [4.69, 9.17) is 5.26 Å². The molecule has 2 rings (SSSR count). The molecule has 0 amide bonds. The van der Waals surface area contributed by atoms with Crippen molar-refractivity contribution in [2.75, 3.05) is 20.1 Å². The molecule has 2 bridgehead atoms. The maximum absolute atomic E-state index is 9.06. The number of hydrogen-bond acceptors (Lipinski definition) is 3. The Morgan fingerprint density at radius 3 is 2.76 bits per heavy atom. The molecule has 1 aliphatic carbocycles. The van der Waals surface area contributed by atoms with Gasteiger partial charge in [0.15, 0.2) is 0 Å². The van der Waals surface area contributed by atoms with Crippen molar-refractivity contribution in [3.05, 3.63) is 0 Å². The Balaban J connectivity index is 1.62. The van der Waals surface area contributed by atoms with Crippen LogP contribution in [0.4, 0.5) is 0 Å². The Hall–Kier alpha value is -0.590. The van der Waals surface area contributed by atoms with Crippen molar-refractivity contribution in [3.8, 4) is 6.07 Å². The van der Waals surface area contributed by atoms with E-state index in [-0.39, 0.29) is 5.54 Å². The van der Waals surface area contributed by atoms with Crippen LogP contribution in [0.25, 0.3) is 0 Å². The number of rotatable bonds is 6. The predicted octanol–water partition coefficient (Wildman–Crippen LogP) is 2.14. The summed E-state index contributed by atoms with van der Waals surface area (Å²) in [4.78, 5) is 2.68. The van der Waals surface area contributed by atoms with Gasteiger partial charge in [0, 0.05) is 12.6 Å². The standard InChI is InChI=1S/C14H25N3/c1-14(11-15,16-2)7-3-4-8-17-10-12-5-6-13(17)9-12/h12-13,16H,3-10H2,1-2H3. The van der Waals surface area contributed by atoms with E-state index in [9.17, 15) is 0 Å². The third-order valence-electron chi connectivity index (χ3n) is 4.69. The zero-order chi connectivity index (χ0) is 12.3. The zero-order valence-electron chi connectivity index (χ0n) is 11.2. The van der Waals surface area contributed by atoms with E-state index in [2.05, 4.69) is 16.3 Å². The molecule has 17 heavy (non-hydrogen) atoms. The topological polar surface area (TPSA) is 39.1 Å². The second-order valence-corrected chi connectivity index (χ2v) is 5.98. The van der Waals surface area contributed by atoms with Gasteiger partial charge in [-0.15, -0.1) is 0 Å². The second kappa shape index (κ2) is 5.37. The van der Waals surface area contributed by atoms with Gasteiger partial charge in [0.25, 0.3) is 0 Å². The molecule has 0 aromatic rings. The van der Waals surface area contributed by atoms with Gasteiger partial charge in [0.2, 0.25) is 0 Å². The number of hydrogen-bond donors (Lipinski definition) is 1. The number of fused-ring (bicyclic) bond motifs is 2. The zero-order valence-corrected chi connectivity index (χ0v) is 11.2. The van der Waals surface area contributed by atoms with Gasteiger partial charge in [0.05, 0.1) is 6.07 Å². The van der Waals surface area contributed by atoms with Gasteiger partial charge >= 0.3 is 0 Å². The lowest BCUT2D eigenvalue weighted by molar-refractivity contribution is 0.207. The van der Waals surface area contributed by atoms with Crippen LogP contribution in [0.3, 0.4) is 0 Å². The Morgan fingerprint density at radius 2 is 2.24 bits per heavy atom. The molecule has 2 aliphatic rings. The van der Waals surface area contributed by atoms with Crippen LogP contribution < -0.4 is 5.32 Å². The van der Waals surface area contributed by atoms with E-state index in [0.717, 1.165) is 24.8 Å². The first-order chi connectivity index (χ1) is 8.17. The van der Waals surface area contributed by atoms with Gasteiger partial charge < -0.3 is 10.2 Å². The fraction of sp³-hybridized carbons (Fsp3) is 0.929. The molecule has 96 valence electrons. The summed E-state index contributed by atoms with van der Waals surface area (Å²) in [5, 5.41) is 12.2.